The summed E-state index contributed by atoms with van der Waals surface area (Å²) in [5, 5.41) is 6.32. The third-order valence-corrected chi connectivity index (χ3v) is 4.64. The third-order valence-electron chi connectivity index (χ3n) is 3.78. The van der Waals surface area contributed by atoms with E-state index in [-0.39, 0.29) is 11.8 Å². The summed E-state index contributed by atoms with van der Waals surface area (Å²) < 4.78 is 4.96. The Kier molecular flexibility index (Phi) is 6.93. The molecule has 0 radical (unpaired) electrons. The number of imide groups is 1. The van der Waals surface area contributed by atoms with Gasteiger partial charge < -0.3 is 15.0 Å². The van der Waals surface area contributed by atoms with Gasteiger partial charge in [0.05, 0.1) is 10.8 Å². The molecule has 1 aliphatic rings. The molecule has 0 aliphatic carbocycles. The van der Waals surface area contributed by atoms with Crippen LogP contribution in [-0.2, 0) is 14.3 Å². The van der Waals surface area contributed by atoms with Crippen molar-refractivity contribution in [3.05, 3.63) is 22.4 Å². The van der Waals surface area contributed by atoms with Crippen LogP contribution in [0.25, 0.3) is 0 Å². The highest BCUT2D eigenvalue weighted by Crippen LogP contribution is 2.21. The fourth-order valence-corrected chi connectivity index (χ4v) is 3.19. The van der Waals surface area contributed by atoms with Gasteiger partial charge in [0.15, 0.2) is 6.61 Å². The SMILES string of the molecule is CCNC(=O)NC(=O)COC(=O)C1CCN(C(=O)c2cccs2)CC1. The number of nitrogens with one attached hydrogen (secondary N) is 2. The molecule has 1 aromatic rings. The van der Waals surface area contributed by atoms with Crippen LogP contribution >= 0.6 is 11.3 Å². The number of urea groups is 1. The van der Waals surface area contributed by atoms with Crippen LogP contribution in [-0.4, -0.2) is 55.0 Å². The van der Waals surface area contributed by atoms with Crippen molar-refractivity contribution >= 4 is 35.2 Å². The van der Waals surface area contributed by atoms with Gasteiger partial charge in [0.25, 0.3) is 11.8 Å². The molecule has 4 amide bonds. The number of rotatable bonds is 5. The van der Waals surface area contributed by atoms with Crippen molar-refractivity contribution in [3.8, 4) is 0 Å². The molecule has 0 saturated carbocycles. The van der Waals surface area contributed by atoms with Gasteiger partial charge >= 0.3 is 12.0 Å². The Morgan fingerprint density at radius 2 is 2.00 bits per heavy atom. The van der Waals surface area contributed by atoms with E-state index < -0.39 is 24.5 Å². The molecule has 1 aliphatic heterocycles. The van der Waals surface area contributed by atoms with E-state index in [0.29, 0.717) is 37.4 Å². The maximum absolute atomic E-state index is 12.2. The molecule has 0 aromatic carbocycles. The largest absolute Gasteiger partial charge is 0.455 e. The molecule has 136 valence electrons. The van der Waals surface area contributed by atoms with Crippen LogP contribution in [0.1, 0.15) is 29.4 Å². The van der Waals surface area contributed by atoms with E-state index in [0.717, 1.165) is 0 Å². The standard InChI is InChI=1S/C16H21N3O5S/c1-2-17-16(23)18-13(20)10-24-15(22)11-5-7-19(8-6-11)14(21)12-4-3-9-25-12/h3-4,9,11H,2,5-8,10H2,1H3,(H2,17,18,20,23). The van der Waals surface area contributed by atoms with Crippen molar-refractivity contribution in [2.75, 3.05) is 26.2 Å². The second kappa shape index (κ2) is 9.16. The highest BCUT2D eigenvalue weighted by atomic mass is 32.1. The molecule has 1 saturated heterocycles. The molecule has 8 nitrogen and oxygen atoms in total. The first-order valence-corrected chi connectivity index (χ1v) is 8.96. The third kappa shape index (κ3) is 5.56. The van der Waals surface area contributed by atoms with Crippen molar-refractivity contribution in [1.82, 2.24) is 15.5 Å². The molecule has 25 heavy (non-hydrogen) atoms. The number of amides is 4. The molecule has 0 bridgehead atoms. The van der Waals surface area contributed by atoms with Gasteiger partial charge in [0.2, 0.25) is 0 Å². The van der Waals surface area contributed by atoms with Crippen LogP contribution in [0.15, 0.2) is 17.5 Å². The second-order valence-electron chi connectivity index (χ2n) is 5.56. The Bertz CT molecular complexity index is 624. The number of hydrogen-bond donors (Lipinski definition) is 2. The van der Waals surface area contributed by atoms with Gasteiger partial charge in [-0.25, -0.2) is 4.79 Å². The second-order valence-corrected chi connectivity index (χ2v) is 6.51. The fraction of sp³-hybridized carbons (Fsp3) is 0.500. The zero-order chi connectivity index (χ0) is 18.2. The van der Waals surface area contributed by atoms with Crippen LogP contribution in [0.4, 0.5) is 4.79 Å². The summed E-state index contributed by atoms with van der Waals surface area (Å²) in [7, 11) is 0. The van der Waals surface area contributed by atoms with Crippen molar-refractivity contribution in [2.45, 2.75) is 19.8 Å². The van der Waals surface area contributed by atoms with Gasteiger partial charge in [0.1, 0.15) is 0 Å². The highest BCUT2D eigenvalue weighted by Gasteiger charge is 2.29. The van der Waals surface area contributed by atoms with E-state index in [4.69, 9.17) is 4.74 Å². The molecule has 9 heteroatoms. The van der Waals surface area contributed by atoms with Gasteiger partial charge in [-0.2, -0.15) is 0 Å². The minimum absolute atomic E-state index is 0.0249. The van der Waals surface area contributed by atoms with E-state index in [1.54, 1.807) is 17.9 Å². The summed E-state index contributed by atoms with van der Waals surface area (Å²) >= 11 is 1.39. The highest BCUT2D eigenvalue weighted by molar-refractivity contribution is 7.12. The smallest absolute Gasteiger partial charge is 0.321 e. The van der Waals surface area contributed by atoms with Crippen molar-refractivity contribution in [1.29, 1.82) is 0 Å². The Balaban J connectivity index is 1.71. The number of esters is 1. The number of likely N-dealkylation sites (tertiary alicyclic amines) is 1. The lowest BCUT2D eigenvalue weighted by Crippen LogP contribution is -2.43. The molecule has 0 unspecified atom stereocenters. The molecule has 1 fully saturated rings. The number of hydrogen-bond acceptors (Lipinski definition) is 6. The minimum atomic E-state index is -0.676. The average Bonchev–Trinajstić information content (AvgIpc) is 3.14. The predicted octanol–water partition coefficient (Wildman–Crippen LogP) is 0.989. The van der Waals surface area contributed by atoms with Crippen LogP contribution in [0, 0.1) is 5.92 Å². The number of piperidine rings is 1. The van der Waals surface area contributed by atoms with Crippen LogP contribution in [0.3, 0.4) is 0 Å². The fourth-order valence-electron chi connectivity index (χ4n) is 2.50. The zero-order valence-electron chi connectivity index (χ0n) is 13.9. The average molecular weight is 367 g/mol. The maximum atomic E-state index is 12.2. The minimum Gasteiger partial charge on any atom is -0.455 e. The van der Waals surface area contributed by atoms with Crippen LogP contribution in [0.2, 0.25) is 0 Å². The summed E-state index contributed by atoms with van der Waals surface area (Å²) in [6.45, 7) is 2.56. The van der Waals surface area contributed by atoms with E-state index in [1.807, 2.05) is 11.4 Å². The molecular weight excluding hydrogens is 346 g/mol. The normalized spacial score (nSPS) is 14.7. The van der Waals surface area contributed by atoms with Gasteiger partial charge in [-0.3, -0.25) is 19.7 Å². The molecule has 1 aromatic heterocycles. The molecule has 2 heterocycles. The quantitative estimate of drug-likeness (QED) is 0.755. The summed E-state index contributed by atoms with van der Waals surface area (Å²) in [4.78, 5) is 49.3. The predicted molar refractivity (Wildman–Crippen MR) is 91.1 cm³/mol. The van der Waals surface area contributed by atoms with Crippen LogP contribution in [0.5, 0.6) is 0 Å². The number of ether oxygens (including phenoxy) is 1. The first kappa shape index (κ1) is 18.9. The summed E-state index contributed by atoms with van der Waals surface area (Å²) in [6.07, 6.45) is 0.988. The topological polar surface area (TPSA) is 105 Å². The molecule has 2 rings (SSSR count). The number of nitrogens with zero attached hydrogens (tertiary/aromatic N) is 1. The van der Waals surface area contributed by atoms with Crippen molar-refractivity contribution in [2.24, 2.45) is 5.92 Å². The Morgan fingerprint density at radius 3 is 2.60 bits per heavy atom. The van der Waals surface area contributed by atoms with Gasteiger partial charge in [-0.05, 0) is 31.2 Å². The first-order valence-electron chi connectivity index (χ1n) is 8.08. The lowest BCUT2D eigenvalue weighted by molar-refractivity contribution is -0.153. The molecule has 0 atom stereocenters. The molecule has 0 spiro atoms. The maximum Gasteiger partial charge on any atom is 0.321 e. The van der Waals surface area contributed by atoms with Gasteiger partial charge in [-0.15, -0.1) is 11.3 Å². The lowest BCUT2D eigenvalue weighted by Gasteiger charge is -2.30. The van der Waals surface area contributed by atoms with E-state index >= 15 is 0 Å². The zero-order valence-corrected chi connectivity index (χ0v) is 14.8. The Hall–Kier alpha value is -2.42. The summed E-state index contributed by atoms with van der Waals surface area (Å²) in [6, 6.07) is 2.98. The monoisotopic (exact) mass is 367 g/mol. The van der Waals surface area contributed by atoms with Gasteiger partial charge in [0, 0.05) is 19.6 Å². The molecular formula is C16H21N3O5S. The van der Waals surface area contributed by atoms with E-state index in [2.05, 4.69) is 10.6 Å². The van der Waals surface area contributed by atoms with Crippen molar-refractivity contribution in [3.63, 3.8) is 0 Å². The summed E-state index contributed by atoms with van der Waals surface area (Å²) in [5.41, 5.74) is 0. The Labute approximate surface area is 149 Å². The van der Waals surface area contributed by atoms with Crippen LogP contribution < -0.4 is 10.6 Å². The summed E-state index contributed by atoms with van der Waals surface area (Å²) in [5.74, 6) is -1.52. The van der Waals surface area contributed by atoms with Crippen molar-refractivity contribution < 1.29 is 23.9 Å². The van der Waals surface area contributed by atoms with E-state index in [9.17, 15) is 19.2 Å². The molecule has 2 N–H and O–H groups in total. The first-order chi connectivity index (χ1) is 12.0. The lowest BCUT2D eigenvalue weighted by atomic mass is 9.97. The number of carbonyl (C=O) groups is 4. The van der Waals surface area contributed by atoms with Gasteiger partial charge in [-0.1, -0.05) is 6.07 Å². The number of thiophene rings is 1. The Morgan fingerprint density at radius 1 is 1.28 bits per heavy atom. The van der Waals surface area contributed by atoms with E-state index in [1.165, 1.54) is 11.3 Å². The number of carbonyl (C=O) groups excluding carboxylic acids is 4.